The van der Waals surface area contributed by atoms with Crippen molar-refractivity contribution in [3.05, 3.63) is 0 Å². The Kier molecular flexibility index (Phi) is 6.07. The Morgan fingerprint density at radius 1 is 1.05 bits per heavy atom. The predicted octanol–water partition coefficient (Wildman–Crippen LogP) is 3.26. The van der Waals surface area contributed by atoms with Crippen molar-refractivity contribution in [2.24, 2.45) is 0 Å². The fourth-order valence-electron chi connectivity index (χ4n) is 0.838. The molecule has 0 N–H and O–H groups in total. The average Bonchev–Trinajstić information content (AvgIpc) is 2.12. The lowest BCUT2D eigenvalue weighted by molar-refractivity contribution is -0.0544. The molecule has 0 spiro atoms. The molecule has 0 amide bonds. The van der Waals surface area contributed by atoms with Crippen LogP contribution in [0, 0.1) is 0 Å². The second-order valence-electron chi connectivity index (χ2n) is 5.68. The van der Waals surface area contributed by atoms with E-state index in [1.807, 2.05) is 33.9 Å². The standard InChI is InChI=1S/C10H21F3O4SSi/c1-9(2,3)19(4,5)17-8-6-7-16-18(14,15)10(11,12)13/h6-8H2,1-5H3. The molecule has 0 aliphatic rings. The molecule has 0 rings (SSSR count). The number of hydrogen-bond donors (Lipinski definition) is 0. The topological polar surface area (TPSA) is 52.6 Å². The molecule has 116 valence electrons. The van der Waals surface area contributed by atoms with Gasteiger partial charge in [0.25, 0.3) is 0 Å². The number of alkyl halides is 3. The van der Waals surface area contributed by atoms with E-state index in [4.69, 9.17) is 4.43 Å². The van der Waals surface area contributed by atoms with Crippen molar-refractivity contribution in [2.45, 2.75) is 50.8 Å². The van der Waals surface area contributed by atoms with Gasteiger partial charge in [0.2, 0.25) is 0 Å². The van der Waals surface area contributed by atoms with Crippen molar-refractivity contribution in [2.75, 3.05) is 13.2 Å². The van der Waals surface area contributed by atoms with Crippen molar-refractivity contribution in [1.82, 2.24) is 0 Å². The van der Waals surface area contributed by atoms with Gasteiger partial charge in [-0.25, -0.2) is 0 Å². The van der Waals surface area contributed by atoms with E-state index in [-0.39, 0.29) is 18.1 Å². The molecule has 0 radical (unpaired) electrons. The molecule has 0 fully saturated rings. The Bertz CT molecular complexity index is 385. The van der Waals surface area contributed by atoms with E-state index in [0.29, 0.717) is 0 Å². The van der Waals surface area contributed by atoms with Crippen molar-refractivity contribution >= 4 is 18.4 Å². The maximum atomic E-state index is 12.0. The summed E-state index contributed by atoms with van der Waals surface area (Å²) in [5.74, 6) is 0. The van der Waals surface area contributed by atoms with Crippen molar-refractivity contribution in [1.29, 1.82) is 0 Å². The Morgan fingerprint density at radius 2 is 1.53 bits per heavy atom. The van der Waals surface area contributed by atoms with Gasteiger partial charge in [0.15, 0.2) is 8.32 Å². The highest BCUT2D eigenvalue weighted by Crippen LogP contribution is 2.36. The summed E-state index contributed by atoms with van der Waals surface area (Å²) in [5.41, 5.74) is -5.37. The van der Waals surface area contributed by atoms with Gasteiger partial charge in [0, 0.05) is 6.61 Å². The molecule has 0 heterocycles. The van der Waals surface area contributed by atoms with Gasteiger partial charge in [-0.15, -0.1) is 0 Å². The molecule has 0 saturated carbocycles. The summed E-state index contributed by atoms with van der Waals surface area (Å²) in [6.07, 6.45) is 0.0990. The highest BCUT2D eigenvalue weighted by Gasteiger charge is 2.47. The molecule has 19 heavy (non-hydrogen) atoms. The monoisotopic (exact) mass is 322 g/mol. The Morgan fingerprint density at radius 3 is 1.89 bits per heavy atom. The predicted molar refractivity (Wildman–Crippen MR) is 68.7 cm³/mol. The average molecular weight is 322 g/mol. The van der Waals surface area contributed by atoms with E-state index >= 15 is 0 Å². The molecule has 0 aromatic heterocycles. The van der Waals surface area contributed by atoms with Crippen LogP contribution in [0.2, 0.25) is 18.1 Å². The Balaban J connectivity index is 4.10. The van der Waals surface area contributed by atoms with E-state index in [0.717, 1.165) is 0 Å². The third-order valence-corrected chi connectivity index (χ3v) is 8.66. The van der Waals surface area contributed by atoms with Crippen LogP contribution in [0.5, 0.6) is 0 Å². The smallest absolute Gasteiger partial charge is 0.417 e. The lowest BCUT2D eigenvalue weighted by Gasteiger charge is -2.36. The van der Waals surface area contributed by atoms with Crippen LogP contribution in [-0.2, 0) is 18.7 Å². The minimum Gasteiger partial charge on any atom is -0.417 e. The maximum absolute atomic E-state index is 12.0. The van der Waals surface area contributed by atoms with Crippen LogP contribution in [-0.4, -0.2) is 35.5 Å². The van der Waals surface area contributed by atoms with Gasteiger partial charge < -0.3 is 4.43 Å². The zero-order valence-electron chi connectivity index (χ0n) is 11.8. The normalized spacial score (nSPS) is 14.7. The van der Waals surface area contributed by atoms with E-state index in [1.165, 1.54) is 0 Å². The van der Waals surface area contributed by atoms with Gasteiger partial charge in [-0.05, 0) is 24.6 Å². The van der Waals surface area contributed by atoms with Crippen LogP contribution in [0.25, 0.3) is 0 Å². The minimum atomic E-state index is -5.49. The van der Waals surface area contributed by atoms with Gasteiger partial charge in [-0.2, -0.15) is 21.6 Å². The van der Waals surface area contributed by atoms with Crippen molar-refractivity contribution < 1.29 is 30.2 Å². The van der Waals surface area contributed by atoms with Crippen LogP contribution in [0.4, 0.5) is 13.2 Å². The van der Waals surface area contributed by atoms with Gasteiger partial charge in [-0.3, -0.25) is 4.18 Å². The molecular formula is C10H21F3O4SSi. The summed E-state index contributed by atoms with van der Waals surface area (Å²) in [7, 11) is -7.45. The molecule has 0 atom stereocenters. The summed E-state index contributed by atoms with van der Waals surface area (Å²) in [4.78, 5) is 0. The van der Waals surface area contributed by atoms with Crippen molar-refractivity contribution in [3.63, 3.8) is 0 Å². The first-order valence-electron chi connectivity index (χ1n) is 5.80. The first-order chi connectivity index (χ1) is 8.21. The molecule has 0 unspecified atom stereocenters. The van der Waals surface area contributed by atoms with Gasteiger partial charge >= 0.3 is 15.6 Å². The Labute approximate surface area is 113 Å². The van der Waals surface area contributed by atoms with E-state index in [9.17, 15) is 21.6 Å². The third-order valence-electron chi connectivity index (χ3n) is 3.08. The molecule has 4 nitrogen and oxygen atoms in total. The zero-order valence-corrected chi connectivity index (χ0v) is 13.6. The lowest BCUT2D eigenvalue weighted by atomic mass is 10.2. The molecular weight excluding hydrogens is 301 g/mol. The van der Waals surface area contributed by atoms with Gasteiger partial charge in [0.1, 0.15) is 0 Å². The molecule has 0 aromatic carbocycles. The van der Waals surface area contributed by atoms with Crippen molar-refractivity contribution in [3.8, 4) is 0 Å². The SMILES string of the molecule is CC(C)(C)[Si](C)(C)OCCCOS(=O)(=O)C(F)(F)F. The van der Waals surface area contributed by atoms with Gasteiger partial charge in [0.05, 0.1) is 6.61 Å². The maximum Gasteiger partial charge on any atom is 0.523 e. The van der Waals surface area contributed by atoms with Crippen LogP contribution in [0.1, 0.15) is 27.2 Å². The molecule has 0 saturated heterocycles. The highest BCUT2D eigenvalue weighted by molar-refractivity contribution is 7.87. The second-order valence-corrected chi connectivity index (χ2v) is 12.1. The number of halogens is 3. The molecule has 0 aromatic rings. The third kappa shape index (κ3) is 5.80. The largest absolute Gasteiger partial charge is 0.523 e. The van der Waals surface area contributed by atoms with Gasteiger partial charge in [-0.1, -0.05) is 20.8 Å². The highest BCUT2D eigenvalue weighted by atomic mass is 32.2. The van der Waals surface area contributed by atoms with E-state index in [2.05, 4.69) is 4.18 Å². The quantitative estimate of drug-likeness (QED) is 0.326. The summed E-state index contributed by atoms with van der Waals surface area (Å²) in [5, 5.41) is -0.00803. The molecule has 0 bridgehead atoms. The second kappa shape index (κ2) is 6.11. The summed E-state index contributed by atoms with van der Waals surface area (Å²) < 4.78 is 66.6. The summed E-state index contributed by atoms with van der Waals surface area (Å²) >= 11 is 0. The van der Waals surface area contributed by atoms with Crippen LogP contribution in [0.15, 0.2) is 0 Å². The van der Waals surface area contributed by atoms with E-state index < -0.39 is 30.6 Å². The molecule has 0 aliphatic heterocycles. The fraction of sp³-hybridized carbons (Fsp3) is 1.00. The van der Waals surface area contributed by atoms with Crippen LogP contribution < -0.4 is 0 Å². The first kappa shape index (κ1) is 18.9. The van der Waals surface area contributed by atoms with Crippen LogP contribution >= 0.6 is 0 Å². The summed E-state index contributed by atoms with van der Waals surface area (Å²) in [6.45, 7) is 9.75. The first-order valence-corrected chi connectivity index (χ1v) is 10.1. The molecule has 9 heteroatoms. The Hall–Kier alpha value is -0.123. The number of hydrogen-bond acceptors (Lipinski definition) is 4. The number of rotatable bonds is 6. The van der Waals surface area contributed by atoms with E-state index in [1.54, 1.807) is 0 Å². The lowest BCUT2D eigenvalue weighted by Crippen LogP contribution is -2.41. The fourth-order valence-corrected chi connectivity index (χ4v) is 2.40. The zero-order chi connectivity index (χ0) is 15.5. The minimum absolute atomic E-state index is 0.00803. The summed E-state index contributed by atoms with van der Waals surface area (Å²) in [6, 6.07) is 0. The van der Waals surface area contributed by atoms with Crippen LogP contribution in [0.3, 0.4) is 0 Å². The molecule has 0 aliphatic carbocycles.